The van der Waals surface area contributed by atoms with Gasteiger partial charge >= 0.3 is 0 Å². The molecular weight excluding hydrogens is 307 g/mol. The van der Waals surface area contributed by atoms with E-state index in [2.05, 4.69) is 20.7 Å². The second kappa shape index (κ2) is 5.45. The SMILES string of the molecule is Cc1nnc(NC(=O)C2(C)CC(c3cccc(F)c3)=NO2)s1. The van der Waals surface area contributed by atoms with Gasteiger partial charge in [-0.15, -0.1) is 10.2 Å². The zero-order valence-corrected chi connectivity index (χ0v) is 12.8. The molecule has 0 saturated heterocycles. The largest absolute Gasteiger partial charge is 0.379 e. The van der Waals surface area contributed by atoms with Crippen LogP contribution in [0.4, 0.5) is 9.52 Å². The lowest BCUT2D eigenvalue weighted by Gasteiger charge is -2.19. The monoisotopic (exact) mass is 320 g/mol. The summed E-state index contributed by atoms with van der Waals surface area (Å²) < 4.78 is 13.3. The Morgan fingerprint density at radius 1 is 1.45 bits per heavy atom. The summed E-state index contributed by atoms with van der Waals surface area (Å²) in [6.45, 7) is 3.43. The maximum absolute atomic E-state index is 13.3. The molecule has 1 aliphatic heterocycles. The van der Waals surface area contributed by atoms with E-state index in [-0.39, 0.29) is 18.1 Å². The Morgan fingerprint density at radius 3 is 2.95 bits per heavy atom. The molecule has 2 aromatic rings. The number of oxime groups is 1. The molecule has 2 heterocycles. The van der Waals surface area contributed by atoms with E-state index in [0.717, 1.165) is 5.01 Å². The Labute approximate surface area is 130 Å². The molecule has 0 saturated carbocycles. The van der Waals surface area contributed by atoms with Crippen molar-refractivity contribution in [3.05, 3.63) is 40.7 Å². The molecule has 6 nitrogen and oxygen atoms in total. The number of aryl methyl sites for hydroxylation is 1. The first kappa shape index (κ1) is 14.6. The number of hydrogen-bond acceptors (Lipinski definition) is 6. The van der Waals surface area contributed by atoms with Crippen molar-refractivity contribution < 1.29 is 14.0 Å². The highest BCUT2D eigenvalue weighted by Crippen LogP contribution is 2.28. The Hall–Kier alpha value is -2.35. The van der Waals surface area contributed by atoms with E-state index >= 15 is 0 Å². The van der Waals surface area contributed by atoms with Crippen LogP contribution in [0.2, 0.25) is 0 Å². The summed E-state index contributed by atoms with van der Waals surface area (Å²) in [4.78, 5) is 17.6. The van der Waals surface area contributed by atoms with E-state index in [4.69, 9.17) is 4.84 Å². The number of nitrogens with one attached hydrogen (secondary N) is 1. The van der Waals surface area contributed by atoms with Gasteiger partial charge in [-0.3, -0.25) is 10.1 Å². The lowest BCUT2D eigenvalue weighted by atomic mass is 9.95. The van der Waals surface area contributed by atoms with Gasteiger partial charge in [0, 0.05) is 12.0 Å². The van der Waals surface area contributed by atoms with Gasteiger partial charge < -0.3 is 4.84 Å². The van der Waals surface area contributed by atoms with E-state index in [1.54, 1.807) is 26.0 Å². The number of carbonyl (C=O) groups is 1. The second-order valence-corrected chi connectivity index (χ2v) is 6.31. The smallest absolute Gasteiger partial charge is 0.273 e. The summed E-state index contributed by atoms with van der Waals surface area (Å²) in [6.07, 6.45) is 0.250. The first-order valence-corrected chi connectivity index (χ1v) is 7.40. The van der Waals surface area contributed by atoms with Crippen molar-refractivity contribution in [3.8, 4) is 0 Å². The number of nitrogens with zero attached hydrogens (tertiary/aromatic N) is 3. The van der Waals surface area contributed by atoms with E-state index in [9.17, 15) is 9.18 Å². The van der Waals surface area contributed by atoms with Gasteiger partial charge in [-0.2, -0.15) is 0 Å². The number of aromatic nitrogens is 2. The lowest BCUT2D eigenvalue weighted by molar-refractivity contribution is -0.135. The molecule has 1 unspecified atom stereocenters. The molecule has 1 aromatic heterocycles. The van der Waals surface area contributed by atoms with Gasteiger partial charge in [0.1, 0.15) is 10.8 Å². The van der Waals surface area contributed by atoms with Crippen LogP contribution < -0.4 is 5.32 Å². The number of carbonyl (C=O) groups excluding carboxylic acids is 1. The topological polar surface area (TPSA) is 76.5 Å². The van der Waals surface area contributed by atoms with Crippen molar-refractivity contribution in [2.45, 2.75) is 25.9 Å². The van der Waals surface area contributed by atoms with Gasteiger partial charge in [-0.25, -0.2) is 4.39 Å². The van der Waals surface area contributed by atoms with Gasteiger partial charge in [0.15, 0.2) is 0 Å². The number of benzene rings is 1. The molecule has 1 N–H and O–H groups in total. The van der Waals surface area contributed by atoms with Gasteiger partial charge in [0.05, 0.1) is 5.71 Å². The average molecular weight is 320 g/mol. The van der Waals surface area contributed by atoms with Crippen LogP contribution in [0.3, 0.4) is 0 Å². The maximum Gasteiger partial charge on any atom is 0.273 e. The standard InChI is InChI=1S/C14H13FN4O2S/c1-8-17-18-13(22-8)16-12(20)14(2)7-11(19-21-14)9-4-3-5-10(15)6-9/h3-6H,7H2,1-2H3,(H,16,18,20). The van der Waals surface area contributed by atoms with Crippen LogP contribution >= 0.6 is 11.3 Å². The molecule has 1 atom stereocenters. The van der Waals surface area contributed by atoms with Crippen LogP contribution in [0.15, 0.2) is 29.4 Å². The number of rotatable bonds is 3. The molecule has 0 aliphatic carbocycles. The number of anilines is 1. The van der Waals surface area contributed by atoms with Crippen molar-refractivity contribution in [2.24, 2.45) is 5.16 Å². The highest BCUT2D eigenvalue weighted by atomic mass is 32.1. The molecule has 1 aliphatic rings. The quantitative estimate of drug-likeness (QED) is 0.942. The molecule has 1 amide bonds. The predicted octanol–water partition coefficient (Wildman–Crippen LogP) is 2.51. The highest BCUT2D eigenvalue weighted by Gasteiger charge is 2.42. The Balaban J connectivity index is 1.72. The summed E-state index contributed by atoms with van der Waals surface area (Å²) in [5.74, 6) is -0.721. The molecule has 0 bridgehead atoms. The normalized spacial score (nSPS) is 20.4. The van der Waals surface area contributed by atoms with Crippen molar-refractivity contribution in [2.75, 3.05) is 5.32 Å². The van der Waals surface area contributed by atoms with Crippen molar-refractivity contribution in [3.63, 3.8) is 0 Å². The summed E-state index contributed by atoms with van der Waals surface area (Å²) in [6, 6.07) is 6.03. The summed E-state index contributed by atoms with van der Waals surface area (Å²) in [5.41, 5.74) is -0.0183. The Morgan fingerprint density at radius 2 is 2.27 bits per heavy atom. The van der Waals surface area contributed by atoms with Crippen LogP contribution in [0.5, 0.6) is 0 Å². The Bertz CT molecular complexity index is 761. The molecule has 114 valence electrons. The summed E-state index contributed by atoms with van der Waals surface area (Å²) >= 11 is 1.28. The molecule has 0 radical (unpaired) electrons. The zero-order valence-electron chi connectivity index (χ0n) is 12.0. The number of hydrogen-bond donors (Lipinski definition) is 1. The third-order valence-corrected chi connectivity index (χ3v) is 4.00. The van der Waals surface area contributed by atoms with Crippen molar-refractivity contribution in [1.82, 2.24) is 10.2 Å². The summed E-state index contributed by atoms with van der Waals surface area (Å²) in [7, 11) is 0. The molecule has 3 rings (SSSR count). The molecule has 0 spiro atoms. The number of amides is 1. The minimum Gasteiger partial charge on any atom is -0.379 e. The van der Waals surface area contributed by atoms with Crippen LogP contribution in [0, 0.1) is 12.7 Å². The third-order valence-electron chi connectivity index (χ3n) is 3.25. The zero-order chi connectivity index (χ0) is 15.7. The van der Waals surface area contributed by atoms with Crippen LogP contribution in [0.25, 0.3) is 0 Å². The Kier molecular flexibility index (Phi) is 3.61. The fourth-order valence-corrected chi connectivity index (χ4v) is 2.65. The van der Waals surface area contributed by atoms with Crippen molar-refractivity contribution in [1.29, 1.82) is 0 Å². The van der Waals surface area contributed by atoms with Crippen molar-refractivity contribution >= 4 is 28.1 Å². The van der Waals surface area contributed by atoms with Gasteiger partial charge in [-0.1, -0.05) is 28.6 Å². The average Bonchev–Trinajstić information content (AvgIpc) is 3.06. The first-order chi connectivity index (χ1) is 10.5. The fourth-order valence-electron chi connectivity index (χ4n) is 2.06. The van der Waals surface area contributed by atoms with E-state index in [1.807, 2.05) is 0 Å². The molecule has 8 heteroatoms. The van der Waals surface area contributed by atoms with Crippen LogP contribution in [-0.2, 0) is 9.63 Å². The fraction of sp³-hybridized carbons (Fsp3) is 0.286. The first-order valence-electron chi connectivity index (χ1n) is 6.59. The van der Waals surface area contributed by atoms with Crippen LogP contribution in [-0.4, -0.2) is 27.4 Å². The third kappa shape index (κ3) is 2.82. The minimum absolute atomic E-state index is 0.250. The molecule has 0 fully saturated rings. The number of halogens is 1. The summed E-state index contributed by atoms with van der Waals surface area (Å²) in [5, 5.41) is 15.4. The molecule has 1 aromatic carbocycles. The van der Waals surface area contributed by atoms with Crippen LogP contribution in [0.1, 0.15) is 23.9 Å². The highest BCUT2D eigenvalue weighted by molar-refractivity contribution is 7.15. The van der Waals surface area contributed by atoms with Gasteiger partial charge in [0.2, 0.25) is 10.7 Å². The van der Waals surface area contributed by atoms with E-state index in [1.165, 1.54) is 23.5 Å². The maximum atomic E-state index is 13.3. The van der Waals surface area contributed by atoms with Gasteiger partial charge in [-0.05, 0) is 26.0 Å². The lowest BCUT2D eigenvalue weighted by Crippen LogP contribution is -2.40. The minimum atomic E-state index is -1.15. The van der Waals surface area contributed by atoms with Gasteiger partial charge in [0.25, 0.3) is 5.91 Å². The molecular formula is C14H13FN4O2S. The predicted molar refractivity (Wildman–Crippen MR) is 80.3 cm³/mol. The van der Waals surface area contributed by atoms with E-state index < -0.39 is 5.60 Å². The molecule has 22 heavy (non-hydrogen) atoms. The second-order valence-electron chi connectivity index (χ2n) is 5.13. The van der Waals surface area contributed by atoms with E-state index in [0.29, 0.717) is 16.4 Å².